The second-order valence-electron chi connectivity index (χ2n) is 5.20. The molecule has 1 aliphatic rings. The number of para-hydroxylation sites is 1. The molecule has 0 aliphatic carbocycles. The zero-order valence-corrected chi connectivity index (χ0v) is 12.9. The molecule has 1 heterocycles. The molecule has 0 bridgehead atoms. The molecule has 1 N–H and O–H groups in total. The first-order chi connectivity index (χ1) is 9.87. The highest BCUT2D eigenvalue weighted by atomic mass is 32.2. The Labute approximate surface area is 124 Å². The summed E-state index contributed by atoms with van der Waals surface area (Å²) in [6.07, 6.45) is 0.778. The van der Waals surface area contributed by atoms with E-state index in [1.165, 1.54) is 22.5 Å². The largest absolute Gasteiger partial charge is 0.380 e. The minimum Gasteiger partial charge on any atom is -0.380 e. The molecule has 1 aliphatic heterocycles. The Kier molecular flexibility index (Phi) is 4.48. The number of nitro groups is 1. The topological polar surface area (TPSA) is 92.6 Å². The molecule has 1 aromatic rings. The van der Waals surface area contributed by atoms with Gasteiger partial charge in [-0.05, 0) is 31.4 Å². The summed E-state index contributed by atoms with van der Waals surface area (Å²) in [6, 6.07) is 4.35. The van der Waals surface area contributed by atoms with Crippen molar-refractivity contribution in [3.05, 3.63) is 28.3 Å². The molecule has 0 radical (unpaired) electrons. The van der Waals surface area contributed by atoms with Gasteiger partial charge in [-0.2, -0.15) is 4.31 Å². The van der Waals surface area contributed by atoms with Gasteiger partial charge >= 0.3 is 5.69 Å². The minimum absolute atomic E-state index is 0.232. The number of nitro benzene ring substituents is 1. The zero-order chi connectivity index (χ0) is 15.6. The molecule has 1 fully saturated rings. The second kappa shape index (κ2) is 5.98. The van der Waals surface area contributed by atoms with Crippen LogP contribution in [0.15, 0.2) is 23.1 Å². The van der Waals surface area contributed by atoms with Crippen molar-refractivity contribution in [2.24, 2.45) is 5.92 Å². The lowest BCUT2D eigenvalue weighted by Crippen LogP contribution is -2.29. The summed E-state index contributed by atoms with van der Waals surface area (Å²) in [7, 11) is -3.84. The summed E-state index contributed by atoms with van der Waals surface area (Å²) < 4.78 is 26.6. The molecule has 1 saturated heterocycles. The van der Waals surface area contributed by atoms with Gasteiger partial charge in [-0.1, -0.05) is 13.0 Å². The van der Waals surface area contributed by atoms with Gasteiger partial charge in [0.15, 0.2) is 4.90 Å². The van der Waals surface area contributed by atoms with Crippen LogP contribution in [-0.4, -0.2) is 37.3 Å². The molecule has 0 saturated carbocycles. The van der Waals surface area contributed by atoms with E-state index in [0.29, 0.717) is 19.6 Å². The monoisotopic (exact) mass is 313 g/mol. The van der Waals surface area contributed by atoms with Crippen molar-refractivity contribution in [1.29, 1.82) is 0 Å². The van der Waals surface area contributed by atoms with E-state index in [2.05, 4.69) is 5.32 Å². The summed E-state index contributed by atoms with van der Waals surface area (Å²) in [5, 5.41) is 14.2. The maximum atomic E-state index is 12.7. The van der Waals surface area contributed by atoms with E-state index in [-0.39, 0.29) is 22.2 Å². The summed E-state index contributed by atoms with van der Waals surface area (Å²) in [5.74, 6) is 0.274. The van der Waals surface area contributed by atoms with E-state index < -0.39 is 14.9 Å². The van der Waals surface area contributed by atoms with Crippen LogP contribution in [0.25, 0.3) is 0 Å². The van der Waals surface area contributed by atoms with Crippen molar-refractivity contribution >= 4 is 21.4 Å². The molecule has 2 rings (SSSR count). The standard InChI is InChI=1S/C13H19N3O4S/c1-3-14-11-5-4-6-12(13(11)16(17)18)21(19,20)15-8-7-10(2)9-15/h4-6,10,14H,3,7-9H2,1-2H3. The molecular weight excluding hydrogens is 294 g/mol. The van der Waals surface area contributed by atoms with Crippen molar-refractivity contribution in [3.63, 3.8) is 0 Å². The summed E-state index contributed by atoms with van der Waals surface area (Å²) in [5.41, 5.74) is -0.144. The SMILES string of the molecule is CCNc1cccc(S(=O)(=O)N2CCC(C)C2)c1[N+](=O)[O-]. The third-order valence-electron chi connectivity index (χ3n) is 3.55. The molecule has 1 aromatic carbocycles. The molecule has 116 valence electrons. The summed E-state index contributed by atoms with van der Waals surface area (Å²) in [6.45, 7) is 5.06. The first-order valence-corrected chi connectivity index (χ1v) is 8.33. The smallest absolute Gasteiger partial charge is 0.312 e. The Balaban J connectivity index is 2.52. The highest BCUT2D eigenvalue weighted by Gasteiger charge is 2.36. The Hall–Kier alpha value is -1.67. The van der Waals surface area contributed by atoms with Gasteiger partial charge in [0.1, 0.15) is 5.69 Å². The van der Waals surface area contributed by atoms with Crippen LogP contribution in [-0.2, 0) is 10.0 Å². The van der Waals surface area contributed by atoms with Gasteiger partial charge in [0.25, 0.3) is 0 Å². The second-order valence-corrected chi connectivity index (χ2v) is 7.10. The van der Waals surface area contributed by atoms with Gasteiger partial charge in [0.05, 0.1) is 4.92 Å². The predicted octanol–water partition coefficient (Wildman–Crippen LogP) is 2.06. The van der Waals surface area contributed by atoms with E-state index in [1.54, 1.807) is 6.92 Å². The van der Waals surface area contributed by atoms with E-state index in [0.717, 1.165) is 6.42 Å². The van der Waals surface area contributed by atoms with Gasteiger partial charge in [0.2, 0.25) is 10.0 Å². The van der Waals surface area contributed by atoms with Crippen molar-refractivity contribution in [2.45, 2.75) is 25.2 Å². The van der Waals surface area contributed by atoms with E-state index >= 15 is 0 Å². The molecule has 0 spiro atoms. The Bertz CT molecular complexity index is 645. The first kappa shape index (κ1) is 15.7. The zero-order valence-electron chi connectivity index (χ0n) is 12.1. The Morgan fingerprint density at radius 3 is 2.71 bits per heavy atom. The molecule has 1 unspecified atom stereocenters. The average Bonchev–Trinajstić information content (AvgIpc) is 2.86. The fraction of sp³-hybridized carbons (Fsp3) is 0.538. The Morgan fingerprint density at radius 1 is 1.48 bits per heavy atom. The van der Waals surface area contributed by atoms with Gasteiger partial charge in [-0.3, -0.25) is 10.1 Å². The molecule has 21 heavy (non-hydrogen) atoms. The number of hydrogen-bond donors (Lipinski definition) is 1. The van der Waals surface area contributed by atoms with Gasteiger partial charge < -0.3 is 5.32 Å². The number of rotatable bonds is 5. The fourth-order valence-electron chi connectivity index (χ4n) is 2.50. The molecule has 7 nitrogen and oxygen atoms in total. The number of nitrogens with zero attached hydrogens (tertiary/aromatic N) is 2. The van der Waals surface area contributed by atoms with Gasteiger partial charge in [-0.25, -0.2) is 8.42 Å². The van der Waals surface area contributed by atoms with Crippen LogP contribution in [0.3, 0.4) is 0 Å². The highest BCUT2D eigenvalue weighted by Crippen LogP contribution is 2.35. The van der Waals surface area contributed by atoms with Crippen molar-refractivity contribution < 1.29 is 13.3 Å². The third kappa shape index (κ3) is 3.01. The lowest BCUT2D eigenvalue weighted by atomic mass is 10.2. The number of nitrogens with one attached hydrogen (secondary N) is 1. The van der Waals surface area contributed by atoms with Crippen LogP contribution < -0.4 is 5.32 Å². The third-order valence-corrected chi connectivity index (χ3v) is 5.45. The molecule has 0 aromatic heterocycles. The van der Waals surface area contributed by atoms with Gasteiger partial charge in [0, 0.05) is 19.6 Å². The maximum Gasteiger partial charge on any atom is 0.312 e. The van der Waals surface area contributed by atoms with Crippen LogP contribution in [0.5, 0.6) is 0 Å². The normalized spacial score (nSPS) is 19.6. The van der Waals surface area contributed by atoms with Crippen LogP contribution in [0, 0.1) is 16.0 Å². The van der Waals surface area contributed by atoms with E-state index in [9.17, 15) is 18.5 Å². The number of sulfonamides is 1. The number of anilines is 1. The molecular formula is C13H19N3O4S. The van der Waals surface area contributed by atoms with E-state index in [4.69, 9.17) is 0 Å². The highest BCUT2D eigenvalue weighted by molar-refractivity contribution is 7.89. The average molecular weight is 313 g/mol. The van der Waals surface area contributed by atoms with Crippen molar-refractivity contribution in [3.8, 4) is 0 Å². The van der Waals surface area contributed by atoms with Crippen LogP contribution in [0.4, 0.5) is 11.4 Å². The lowest BCUT2D eigenvalue weighted by molar-refractivity contribution is -0.386. The van der Waals surface area contributed by atoms with Crippen molar-refractivity contribution in [2.75, 3.05) is 25.0 Å². The van der Waals surface area contributed by atoms with Crippen molar-refractivity contribution in [1.82, 2.24) is 4.31 Å². The molecule has 1 atom stereocenters. The number of benzene rings is 1. The molecule has 8 heteroatoms. The van der Waals surface area contributed by atoms with Crippen LogP contribution in [0.2, 0.25) is 0 Å². The fourth-order valence-corrected chi connectivity index (χ4v) is 4.26. The van der Waals surface area contributed by atoms with Crippen LogP contribution in [0.1, 0.15) is 20.3 Å². The Morgan fingerprint density at radius 2 is 2.19 bits per heavy atom. The summed E-state index contributed by atoms with van der Waals surface area (Å²) >= 11 is 0. The number of hydrogen-bond acceptors (Lipinski definition) is 5. The van der Waals surface area contributed by atoms with Gasteiger partial charge in [-0.15, -0.1) is 0 Å². The quantitative estimate of drug-likeness (QED) is 0.663. The van der Waals surface area contributed by atoms with E-state index in [1.807, 2.05) is 6.92 Å². The minimum atomic E-state index is -3.84. The molecule has 0 amide bonds. The maximum absolute atomic E-state index is 12.7. The summed E-state index contributed by atoms with van der Waals surface area (Å²) in [4.78, 5) is 10.5. The lowest BCUT2D eigenvalue weighted by Gasteiger charge is -2.17. The predicted molar refractivity (Wildman–Crippen MR) is 79.8 cm³/mol. The van der Waals surface area contributed by atoms with Crippen LogP contribution >= 0.6 is 0 Å². The first-order valence-electron chi connectivity index (χ1n) is 6.89.